The summed E-state index contributed by atoms with van der Waals surface area (Å²) in [5, 5.41) is 0.567. The second-order valence-electron chi connectivity index (χ2n) is 11.8. The number of esters is 1. The zero-order valence-corrected chi connectivity index (χ0v) is 25.4. The van der Waals surface area contributed by atoms with Gasteiger partial charge in [0.15, 0.2) is 0 Å². The summed E-state index contributed by atoms with van der Waals surface area (Å²) in [7, 11) is 0. The molecule has 0 bridgehead atoms. The monoisotopic (exact) mass is 611 g/mol. The third-order valence-corrected chi connectivity index (χ3v) is 7.21. The van der Waals surface area contributed by atoms with Crippen LogP contribution in [0.5, 0.6) is 23.0 Å². The summed E-state index contributed by atoms with van der Waals surface area (Å²) in [6.07, 6.45) is 2.55. The molecule has 1 fully saturated rings. The molecule has 4 aromatic rings. The average Bonchev–Trinajstić information content (AvgIpc) is 3.01. The maximum absolute atomic E-state index is 14.9. The molecule has 3 aromatic carbocycles. The molecule has 0 spiro atoms. The van der Waals surface area contributed by atoms with Gasteiger partial charge in [0.2, 0.25) is 5.69 Å². The number of fused-ring (bicyclic) bond motifs is 1. The van der Waals surface area contributed by atoms with E-state index in [0.717, 1.165) is 12.8 Å². The van der Waals surface area contributed by atoms with Crippen LogP contribution in [-0.2, 0) is 16.0 Å². The molecule has 45 heavy (non-hydrogen) atoms. The first-order valence-electron chi connectivity index (χ1n) is 14.7. The summed E-state index contributed by atoms with van der Waals surface area (Å²) in [6.45, 7) is 14.8. The number of pyridine rings is 1. The second kappa shape index (κ2) is 13.6. The van der Waals surface area contributed by atoms with Crippen molar-refractivity contribution in [3.05, 3.63) is 95.7 Å². The Morgan fingerprint density at radius 3 is 2.44 bits per heavy atom. The molecule has 1 saturated heterocycles. The topological polar surface area (TPSA) is 91.5 Å². The number of rotatable bonds is 8. The summed E-state index contributed by atoms with van der Waals surface area (Å²) in [4.78, 5) is 34.4. The van der Waals surface area contributed by atoms with Crippen LogP contribution in [-0.4, -0.2) is 47.2 Å². The van der Waals surface area contributed by atoms with Crippen LogP contribution in [0, 0.1) is 18.3 Å². The van der Waals surface area contributed by atoms with E-state index in [1.165, 1.54) is 12.1 Å². The van der Waals surface area contributed by atoms with Crippen LogP contribution in [0.25, 0.3) is 15.7 Å². The lowest BCUT2D eigenvalue weighted by atomic mass is 9.98. The van der Waals surface area contributed by atoms with Gasteiger partial charge in [-0.3, -0.25) is 9.78 Å². The number of aromatic nitrogens is 1. The van der Waals surface area contributed by atoms with Gasteiger partial charge < -0.3 is 23.8 Å². The molecule has 232 valence electrons. The Kier molecular flexibility index (Phi) is 9.48. The smallest absolute Gasteiger partial charge is 0.410 e. The van der Waals surface area contributed by atoms with E-state index in [0.29, 0.717) is 53.5 Å². The fourth-order valence-electron chi connectivity index (χ4n) is 4.92. The lowest BCUT2D eigenvalue weighted by molar-refractivity contribution is -0.133. The van der Waals surface area contributed by atoms with Gasteiger partial charge in [-0.05, 0) is 81.5 Å². The normalized spacial score (nSPS) is 13.6. The molecule has 1 aliphatic heterocycles. The summed E-state index contributed by atoms with van der Waals surface area (Å²) in [5.74, 6) is 0.452. The fourth-order valence-corrected chi connectivity index (χ4v) is 4.92. The maximum atomic E-state index is 14.9. The number of hydrogen-bond acceptors (Lipinski definition) is 7. The summed E-state index contributed by atoms with van der Waals surface area (Å²) < 4.78 is 37.7. The van der Waals surface area contributed by atoms with Crippen LogP contribution in [0.1, 0.15) is 39.2 Å². The Labute approximate surface area is 261 Å². The largest absolute Gasteiger partial charge is 0.504 e. The highest BCUT2D eigenvalue weighted by Gasteiger charge is 2.27. The molecule has 0 aliphatic carbocycles. The van der Waals surface area contributed by atoms with Crippen molar-refractivity contribution in [3.8, 4) is 23.0 Å². The molecule has 1 aliphatic rings. The number of carbonyl (C=O) groups is 2. The number of benzene rings is 3. The van der Waals surface area contributed by atoms with Gasteiger partial charge in [-0.2, -0.15) is 0 Å². The molecule has 2 heterocycles. The van der Waals surface area contributed by atoms with Gasteiger partial charge in [0, 0.05) is 30.7 Å². The maximum Gasteiger partial charge on any atom is 0.410 e. The van der Waals surface area contributed by atoms with Crippen LogP contribution in [0.4, 0.5) is 14.9 Å². The number of ether oxygens (including phenoxy) is 4. The van der Waals surface area contributed by atoms with Crippen molar-refractivity contribution in [2.24, 2.45) is 5.92 Å². The molecular formula is C35H34FN3O6. The number of nitrogens with zero attached hydrogens (tertiary/aromatic N) is 3. The zero-order chi connectivity index (χ0) is 32.0. The molecule has 0 atom stereocenters. The van der Waals surface area contributed by atoms with Crippen LogP contribution in [0.3, 0.4) is 0 Å². The van der Waals surface area contributed by atoms with E-state index in [1.54, 1.807) is 65.7 Å². The summed E-state index contributed by atoms with van der Waals surface area (Å²) in [6, 6.07) is 17.8. The minimum atomic E-state index is -0.606. The molecule has 0 saturated carbocycles. The Balaban J connectivity index is 1.22. The van der Waals surface area contributed by atoms with E-state index < -0.39 is 17.4 Å². The number of amides is 1. The average molecular weight is 612 g/mol. The van der Waals surface area contributed by atoms with E-state index in [2.05, 4.69) is 9.83 Å². The minimum absolute atomic E-state index is 0.176. The molecule has 10 heteroatoms. The van der Waals surface area contributed by atoms with Gasteiger partial charge >= 0.3 is 12.1 Å². The molecule has 1 aromatic heterocycles. The number of carbonyl (C=O) groups excluding carboxylic acids is 2. The van der Waals surface area contributed by atoms with Gasteiger partial charge in [-0.1, -0.05) is 24.3 Å². The lowest BCUT2D eigenvalue weighted by Gasteiger charge is -2.33. The van der Waals surface area contributed by atoms with Gasteiger partial charge in [0.1, 0.15) is 34.4 Å². The van der Waals surface area contributed by atoms with Crippen molar-refractivity contribution in [2.75, 3.05) is 19.7 Å². The lowest BCUT2D eigenvalue weighted by Crippen LogP contribution is -2.42. The number of likely N-dealkylation sites (tertiary alicyclic amines) is 1. The van der Waals surface area contributed by atoms with E-state index in [9.17, 15) is 14.0 Å². The van der Waals surface area contributed by atoms with Crippen LogP contribution >= 0.6 is 0 Å². The number of halogens is 1. The zero-order valence-electron chi connectivity index (χ0n) is 25.4. The van der Waals surface area contributed by atoms with Crippen molar-refractivity contribution in [2.45, 2.75) is 45.6 Å². The molecule has 0 unspecified atom stereocenters. The molecule has 5 rings (SSSR count). The first kappa shape index (κ1) is 31.3. The SMILES string of the molecule is [C-]#[N+]c1cc2c(Oc3ccc(CC(=O)Oc4ccccc4)c(F)c3)ccnc2cc1OCC1CCN(C(=O)OC(C)(C)C)CC1. The Morgan fingerprint density at radius 2 is 1.76 bits per heavy atom. The predicted molar refractivity (Wildman–Crippen MR) is 166 cm³/mol. The highest BCUT2D eigenvalue weighted by atomic mass is 19.1. The molecule has 0 N–H and O–H groups in total. The molecule has 0 radical (unpaired) electrons. The highest BCUT2D eigenvalue weighted by molar-refractivity contribution is 5.91. The number of piperidine rings is 1. The van der Waals surface area contributed by atoms with Crippen molar-refractivity contribution < 1.29 is 32.9 Å². The Hall–Kier alpha value is -5.17. The van der Waals surface area contributed by atoms with E-state index >= 15 is 0 Å². The number of para-hydroxylation sites is 1. The third kappa shape index (κ3) is 8.26. The number of hydrogen-bond donors (Lipinski definition) is 0. The van der Waals surface area contributed by atoms with E-state index in [1.807, 2.05) is 20.8 Å². The van der Waals surface area contributed by atoms with Crippen molar-refractivity contribution in [1.82, 2.24) is 9.88 Å². The van der Waals surface area contributed by atoms with Gasteiger partial charge in [0.05, 0.1) is 25.1 Å². The minimum Gasteiger partial charge on any atom is -0.504 e. The van der Waals surface area contributed by atoms with Crippen molar-refractivity contribution in [3.63, 3.8) is 0 Å². The van der Waals surface area contributed by atoms with Gasteiger partial charge in [-0.25, -0.2) is 14.0 Å². The molecular weight excluding hydrogens is 577 g/mol. The first-order chi connectivity index (χ1) is 21.6. The highest BCUT2D eigenvalue weighted by Crippen LogP contribution is 2.38. The summed E-state index contributed by atoms with van der Waals surface area (Å²) >= 11 is 0. The van der Waals surface area contributed by atoms with Crippen LogP contribution in [0.15, 0.2) is 72.9 Å². The molecule has 1 amide bonds. The second-order valence-corrected chi connectivity index (χ2v) is 11.8. The Bertz CT molecular complexity index is 1720. The summed E-state index contributed by atoms with van der Waals surface area (Å²) in [5.41, 5.74) is 0.485. The first-order valence-corrected chi connectivity index (χ1v) is 14.7. The Morgan fingerprint density at radius 1 is 1.00 bits per heavy atom. The van der Waals surface area contributed by atoms with Crippen LogP contribution < -0.4 is 14.2 Å². The quantitative estimate of drug-likeness (QED) is 0.114. The predicted octanol–water partition coefficient (Wildman–Crippen LogP) is 7.89. The van der Waals surface area contributed by atoms with Crippen molar-refractivity contribution >= 4 is 28.7 Å². The molecule has 9 nitrogen and oxygen atoms in total. The third-order valence-electron chi connectivity index (χ3n) is 7.21. The van der Waals surface area contributed by atoms with Crippen LogP contribution in [0.2, 0.25) is 0 Å². The van der Waals surface area contributed by atoms with Gasteiger partial charge in [-0.15, -0.1) is 0 Å². The van der Waals surface area contributed by atoms with Crippen molar-refractivity contribution in [1.29, 1.82) is 0 Å². The fraction of sp³-hybridized carbons (Fsp3) is 0.314. The van der Waals surface area contributed by atoms with Gasteiger partial charge in [0.25, 0.3) is 0 Å². The van der Waals surface area contributed by atoms with E-state index in [-0.39, 0.29) is 29.7 Å². The van der Waals surface area contributed by atoms with E-state index in [4.69, 9.17) is 25.5 Å². The standard InChI is InChI=1S/C35H34FN3O6/c1-35(2,3)45-34(41)39-16-13-23(14-17-39)22-42-32-21-29-27(20-30(32)37-4)31(12-15-38-29)43-26-11-10-24(28(36)19-26)18-33(40)44-25-8-6-5-7-9-25/h5-12,15,19-21,23H,13-14,16-18,22H2,1-3H3.